The SMILES string of the molecule is CC(CCOc1ccc(C#N)cc1)CN1CCN2CCCCC2C1.O=C(O)/C=C/C(=O)O.O=C(O)/C=C/C(=O)O. The van der Waals surface area contributed by atoms with Gasteiger partial charge in [-0.2, -0.15) is 5.26 Å². The summed E-state index contributed by atoms with van der Waals surface area (Å²) in [5.74, 6) is -3.52. The van der Waals surface area contributed by atoms with Gasteiger partial charge in [0.1, 0.15) is 5.75 Å². The van der Waals surface area contributed by atoms with E-state index in [1.165, 1.54) is 52.0 Å². The summed E-state index contributed by atoms with van der Waals surface area (Å²) in [6.07, 6.45) is 7.48. The van der Waals surface area contributed by atoms with Gasteiger partial charge in [0.25, 0.3) is 0 Å². The van der Waals surface area contributed by atoms with Crippen LogP contribution in [0.2, 0.25) is 0 Å². The van der Waals surface area contributed by atoms with Gasteiger partial charge in [-0.25, -0.2) is 19.2 Å². The Bertz CT molecular complexity index is 998. The zero-order chi connectivity index (χ0) is 29.9. The smallest absolute Gasteiger partial charge is 0.328 e. The van der Waals surface area contributed by atoms with E-state index in [0.29, 0.717) is 35.8 Å². The van der Waals surface area contributed by atoms with E-state index in [1.54, 1.807) is 0 Å². The van der Waals surface area contributed by atoms with Gasteiger partial charge in [-0.05, 0) is 56.0 Å². The summed E-state index contributed by atoms with van der Waals surface area (Å²) in [5.41, 5.74) is 0.678. The third-order valence-electron chi connectivity index (χ3n) is 6.09. The molecule has 2 aliphatic heterocycles. The molecular formula is C28H37N3O9. The van der Waals surface area contributed by atoms with Crippen LogP contribution in [0.25, 0.3) is 0 Å². The van der Waals surface area contributed by atoms with Gasteiger partial charge in [-0.1, -0.05) is 13.3 Å². The van der Waals surface area contributed by atoms with E-state index in [9.17, 15) is 19.2 Å². The number of benzene rings is 1. The minimum atomic E-state index is -1.26. The van der Waals surface area contributed by atoms with E-state index in [4.69, 9.17) is 30.4 Å². The van der Waals surface area contributed by atoms with Crippen LogP contribution in [0.1, 0.15) is 38.2 Å². The molecule has 12 nitrogen and oxygen atoms in total. The molecule has 0 saturated carbocycles. The number of hydrogen-bond donors (Lipinski definition) is 4. The number of nitriles is 1. The van der Waals surface area contributed by atoms with Gasteiger partial charge < -0.3 is 30.1 Å². The van der Waals surface area contributed by atoms with Gasteiger partial charge in [-0.15, -0.1) is 0 Å². The van der Waals surface area contributed by atoms with E-state index < -0.39 is 23.9 Å². The summed E-state index contributed by atoms with van der Waals surface area (Å²) in [4.78, 5) is 43.6. The van der Waals surface area contributed by atoms with Crippen molar-refractivity contribution >= 4 is 23.9 Å². The lowest BCUT2D eigenvalue weighted by Crippen LogP contribution is -2.55. The quantitative estimate of drug-likeness (QED) is 0.307. The molecule has 0 bridgehead atoms. The number of carboxylic acid groups (broad SMARTS) is 4. The fourth-order valence-corrected chi connectivity index (χ4v) is 4.21. The lowest BCUT2D eigenvalue weighted by Gasteiger charge is -2.44. The third-order valence-corrected chi connectivity index (χ3v) is 6.09. The zero-order valence-corrected chi connectivity index (χ0v) is 22.5. The van der Waals surface area contributed by atoms with E-state index >= 15 is 0 Å². The third kappa shape index (κ3) is 15.9. The highest BCUT2D eigenvalue weighted by Gasteiger charge is 2.29. The number of ether oxygens (including phenoxy) is 1. The van der Waals surface area contributed by atoms with E-state index in [2.05, 4.69) is 22.8 Å². The van der Waals surface area contributed by atoms with Gasteiger partial charge in [0, 0.05) is 56.5 Å². The Balaban J connectivity index is 0.000000412. The molecule has 2 unspecified atom stereocenters. The van der Waals surface area contributed by atoms with Crippen LogP contribution >= 0.6 is 0 Å². The minimum absolute atomic E-state index is 0.558. The second kappa shape index (κ2) is 18.9. The van der Waals surface area contributed by atoms with Crippen molar-refractivity contribution in [1.29, 1.82) is 5.26 Å². The topological polar surface area (TPSA) is 189 Å². The maximum absolute atomic E-state index is 9.55. The largest absolute Gasteiger partial charge is 0.494 e. The Labute approximate surface area is 233 Å². The van der Waals surface area contributed by atoms with E-state index in [0.717, 1.165) is 24.8 Å². The minimum Gasteiger partial charge on any atom is -0.494 e. The lowest BCUT2D eigenvalue weighted by atomic mass is 9.98. The average molecular weight is 560 g/mol. The molecule has 218 valence electrons. The van der Waals surface area contributed by atoms with Crippen LogP contribution < -0.4 is 4.74 Å². The first-order valence-electron chi connectivity index (χ1n) is 12.9. The number of carboxylic acids is 4. The summed E-state index contributed by atoms with van der Waals surface area (Å²) in [5, 5.41) is 40.1. The van der Waals surface area contributed by atoms with Gasteiger partial charge in [0.2, 0.25) is 0 Å². The molecule has 4 N–H and O–H groups in total. The molecule has 0 aromatic heterocycles. The number of piperidine rings is 1. The van der Waals surface area contributed by atoms with Crippen molar-refractivity contribution in [3.8, 4) is 11.8 Å². The van der Waals surface area contributed by atoms with Crippen molar-refractivity contribution in [2.45, 2.75) is 38.6 Å². The number of rotatable bonds is 10. The van der Waals surface area contributed by atoms with Crippen LogP contribution in [0.5, 0.6) is 5.75 Å². The average Bonchev–Trinajstić information content (AvgIpc) is 2.92. The first kappa shape index (κ1) is 33.8. The second-order valence-electron chi connectivity index (χ2n) is 9.34. The number of nitrogens with zero attached hydrogens (tertiary/aromatic N) is 3. The maximum atomic E-state index is 9.55. The normalized spacial score (nSPS) is 17.8. The summed E-state index contributed by atoms with van der Waals surface area (Å²) in [6.45, 7) is 9.29. The molecule has 2 heterocycles. The molecule has 1 aromatic carbocycles. The van der Waals surface area contributed by atoms with Crippen LogP contribution in [0.4, 0.5) is 0 Å². The van der Waals surface area contributed by atoms with Crippen LogP contribution in [0.3, 0.4) is 0 Å². The van der Waals surface area contributed by atoms with Gasteiger partial charge in [-0.3, -0.25) is 4.90 Å². The Hall–Kier alpha value is -4.21. The highest BCUT2D eigenvalue weighted by atomic mass is 16.5. The van der Waals surface area contributed by atoms with Crippen LogP contribution in [0.15, 0.2) is 48.6 Å². The number of aliphatic carboxylic acids is 4. The summed E-state index contributed by atoms with van der Waals surface area (Å²) >= 11 is 0. The fourth-order valence-electron chi connectivity index (χ4n) is 4.21. The predicted molar refractivity (Wildman–Crippen MR) is 145 cm³/mol. The summed E-state index contributed by atoms with van der Waals surface area (Å²) < 4.78 is 5.82. The molecule has 0 radical (unpaired) electrons. The molecule has 0 amide bonds. The molecule has 2 aliphatic rings. The molecule has 1 aromatic rings. The maximum Gasteiger partial charge on any atom is 0.328 e. The van der Waals surface area contributed by atoms with Crippen LogP contribution in [0, 0.1) is 17.2 Å². The Kier molecular flexibility index (Phi) is 16.0. The molecule has 3 rings (SSSR count). The van der Waals surface area contributed by atoms with Crippen molar-refractivity contribution in [3.05, 3.63) is 54.1 Å². The summed E-state index contributed by atoms with van der Waals surface area (Å²) in [7, 11) is 0. The number of piperazine rings is 1. The number of fused-ring (bicyclic) bond motifs is 1. The van der Waals surface area contributed by atoms with Crippen molar-refractivity contribution in [1.82, 2.24) is 9.80 Å². The van der Waals surface area contributed by atoms with Crippen molar-refractivity contribution < 1.29 is 44.3 Å². The molecule has 0 aliphatic carbocycles. The monoisotopic (exact) mass is 559 g/mol. The first-order valence-corrected chi connectivity index (χ1v) is 12.9. The van der Waals surface area contributed by atoms with Crippen molar-refractivity contribution in [2.24, 2.45) is 5.92 Å². The number of hydrogen-bond acceptors (Lipinski definition) is 8. The molecule has 12 heteroatoms. The number of carbonyl (C=O) groups is 4. The fraction of sp³-hybridized carbons (Fsp3) is 0.464. The Morgan fingerprint density at radius 3 is 1.98 bits per heavy atom. The van der Waals surface area contributed by atoms with Gasteiger partial charge >= 0.3 is 23.9 Å². The predicted octanol–water partition coefficient (Wildman–Crippen LogP) is 2.56. The summed E-state index contributed by atoms with van der Waals surface area (Å²) in [6, 6.07) is 10.3. The van der Waals surface area contributed by atoms with E-state index in [1.807, 2.05) is 24.3 Å². The van der Waals surface area contributed by atoms with Crippen molar-refractivity contribution in [3.63, 3.8) is 0 Å². The molecule has 2 fully saturated rings. The van der Waals surface area contributed by atoms with Crippen LogP contribution in [-0.4, -0.2) is 99.5 Å². The molecular weight excluding hydrogens is 522 g/mol. The van der Waals surface area contributed by atoms with Gasteiger partial charge in [0.15, 0.2) is 0 Å². The highest BCUT2D eigenvalue weighted by molar-refractivity contribution is 5.90. The van der Waals surface area contributed by atoms with E-state index in [-0.39, 0.29) is 0 Å². The molecule has 0 spiro atoms. The highest BCUT2D eigenvalue weighted by Crippen LogP contribution is 2.22. The second-order valence-corrected chi connectivity index (χ2v) is 9.34. The Morgan fingerprint density at radius 1 is 0.925 bits per heavy atom. The van der Waals surface area contributed by atoms with Crippen molar-refractivity contribution in [2.75, 3.05) is 39.3 Å². The standard InChI is InChI=1S/C20H29N3O.2C4H4O4/c1-17(9-13-24-20-7-5-18(14-21)6-8-20)15-22-11-12-23-10-3-2-4-19(23)16-22;2*5-3(6)1-2-4(7)8/h5-8,17,19H,2-4,9-13,15-16H2,1H3;2*1-2H,(H,5,6)(H,7,8)/b;2*2-1+. The molecule has 40 heavy (non-hydrogen) atoms. The molecule has 2 saturated heterocycles. The lowest BCUT2D eigenvalue weighted by molar-refractivity contribution is -0.134. The van der Waals surface area contributed by atoms with Crippen LogP contribution in [-0.2, 0) is 19.2 Å². The molecule has 2 atom stereocenters. The van der Waals surface area contributed by atoms with Gasteiger partial charge in [0.05, 0.1) is 18.2 Å². The zero-order valence-electron chi connectivity index (χ0n) is 22.5. The first-order chi connectivity index (χ1) is 19.0. The Morgan fingerprint density at radius 2 is 1.48 bits per heavy atom.